The zero-order valence-electron chi connectivity index (χ0n) is 11.8. The van der Waals surface area contributed by atoms with Crippen LogP contribution >= 0.6 is 0 Å². The molecule has 1 aliphatic rings. The molecule has 1 saturated heterocycles. The van der Waals surface area contributed by atoms with E-state index in [0.29, 0.717) is 18.8 Å². The molecular formula is C11H18N4O5S. The minimum atomic E-state index is -3.29. The van der Waals surface area contributed by atoms with Crippen LogP contribution in [0.3, 0.4) is 0 Å². The average molecular weight is 318 g/mol. The van der Waals surface area contributed by atoms with Gasteiger partial charge in [0.15, 0.2) is 9.84 Å². The number of hydrogen-bond donors (Lipinski definition) is 2. The smallest absolute Gasteiger partial charge is 0.312 e. The molecule has 1 aliphatic heterocycles. The number of carbonyl (C=O) groups is 1. The highest BCUT2D eigenvalue weighted by Crippen LogP contribution is 2.31. The predicted molar refractivity (Wildman–Crippen MR) is 72.0 cm³/mol. The van der Waals surface area contributed by atoms with Gasteiger partial charge in [0.1, 0.15) is 11.4 Å². The molecule has 1 aromatic rings. The quantitative estimate of drug-likeness (QED) is 0.783. The molecule has 21 heavy (non-hydrogen) atoms. The van der Waals surface area contributed by atoms with E-state index in [0.717, 1.165) is 12.7 Å². The number of aromatic nitrogens is 2. The van der Waals surface area contributed by atoms with Crippen molar-refractivity contribution in [2.75, 3.05) is 12.8 Å². The lowest BCUT2D eigenvalue weighted by atomic mass is 10.2. The summed E-state index contributed by atoms with van der Waals surface area (Å²) in [5.41, 5.74) is 4.99. The van der Waals surface area contributed by atoms with Crippen LogP contribution in [-0.2, 0) is 14.6 Å². The van der Waals surface area contributed by atoms with Crippen molar-refractivity contribution >= 4 is 15.9 Å². The Kier molecular flexibility index (Phi) is 4.47. The minimum absolute atomic E-state index is 0.0508. The largest absolute Gasteiger partial charge is 0.365 e. The SMILES string of the molecule is CC(c1nc(C2CCC(CNC(N)=O)O2)no1)S(C)(=O)=O. The summed E-state index contributed by atoms with van der Waals surface area (Å²) in [6.45, 7) is 1.80. The summed E-state index contributed by atoms with van der Waals surface area (Å²) in [6, 6.07) is -0.606. The molecule has 2 heterocycles. The normalized spacial score (nSPS) is 23.9. The van der Waals surface area contributed by atoms with E-state index in [9.17, 15) is 13.2 Å². The van der Waals surface area contributed by atoms with Gasteiger partial charge in [-0.2, -0.15) is 4.98 Å². The van der Waals surface area contributed by atoms with Crippen LogP contribution in [-0.4, -0.2) is 43.5 Å². The van der Waals surface area contributed by atoms with E-state index in [-0.39, 0.29) is 18.1 Å². The summed E-state index contributed by atoms with van der Waals surface area (Å²) < 4.78 is 33.6. The van der Waals surface area contributed by atoms with Crippen molar-refractivity contribution in [1.82, 2.24) is 15.5 Å². The summed E-state index contributed by atoms with van der Waals surface area (Å²) in [7, 11) is -3.29. The van der Waals surface area contributed by atoms with Crippen LogP contribution in [0.25, 0.3) is 0 Å². The number of amides is 2. The average Bonchev–Trinajstić information content (AvgIpc) is 3.03. The molecule has 9 nitrogen and oxygen atoms in total. The molecule has 2 rings (SSSR count). The van der Waals surface area contributed by atoms with Crippen molar-refractivity contribution in [2.45, 2.75) is 37.2 Å². The van der Waals surface area contributed by atoms with Gasteiger partial charge in [-0.3, -0.25) is 0 Å². The van der Waals surface area contributed by atoms with Crippen molar-refractivity contribution in [3.8, 4) is 0 Å². The van der Waals surface area contributed by atoms with Crippen LogP contribution in [0, 0.1) is 0 Å². The summed E-state index contributed by atoms with van der Waals surface area (Å²) in [6.07, 6.45) is 1.96. The van der Waals surface area contributed by atoms with Crippen molar-refractivity contribution in [1.29, 1.82) is 0 Å². The highest BCUT2D eigenvalue weighted by atomic mass is 32.2. The van der Waals surface area contributed by atoms with Gasteiger partial charge in [-0.05, 0) is 19.8 Å². The van der Waals surface area contributed by atoms with Gasteiger partial charge in [-0.15, -0.1) is 0 Å². The Hall–Kier alpha value is -1.68. The van der Waals surface area contributed by atoms with E-state index in [4.69, 9.17) is 15.0 Å². The zero-order valence-corrected chi connectivity index (χ0v) is 12.6. The van der Waals surface area contributed by atoms with Crippen LogP contribution in [0.2, 0.25) is 0 Å². The van der Waals surface area contributed by atoms with Crippen molar-refractivity contribution < 1.29 is 22.5 Å². The first kappa shape index (κ1) is 15.7. The van der Waals surface area contributed by atoms with Crippen molar-refractivity contribution in [3.63, 3.8) is 0 Å². The molecule has 0 spiro atoms. The molecule has 0 aromatic carbocycles. The Morgan fingerprint density at radius 1 is 1.52 bits per heavy atom. The maximum atomic E-state index is 11.5. The summed E-state index contributed by atoms with van der Waals surface area (Å²) in [4.78, 5) is 14.7. The fourth-order valence-electron chi connectivity index (χ4n) is 1.99. The van der Waals surface area contributed by atoms with Gasteiger partial charge in [0.05, 0.1) is 6.10 Å². The third-order valence-electron chi connectivity index (χ3n) is 3.35. The van der Waals surface area contributed by atoms with Gasteiger partial charge in [0, 0.05) is 12.8 Å². The Balaban J connectivity index is 1.98. The first-order chi connectivity index (χ1) is 9.77. The highest BCUT2D eigenvalue weighted by Gasteiger charge is 2.32. The van der Waals surface area contributed by atoms with E-state index in [1.165, 1.54) is 6.92 Å². The molecule has 0 saturated carbocycles. The monoisotopic (exact) mass is 318 g/mol. The Bertz CT molecular complexity index is 614. The van der Waals surface area contributed by atoms with E-state index in [2.05, 4.69) is 15.5 Å². The van der Waals surface area contributed by atoms with Crippen LogP contribution in [0.1, 0.15) is 42.8 Å². The number of nitrogens with one attached hydrogen (secondary N) is 1. The number of nitrogens with zero attached hydrogens (tertiary/aromatic N) is 2. The number of urea groups is 1. The number of rotatable bonds is 5. The third-order valence-corrected chi connectivity index (χ3v) is 4.83. The van der Waals surface area contributed by atoms with Crippen LogP contribution in [0.5, 0.6) is 0 Å². The fraction of sp³-hybridized carbons (Fsp3) is 0.727. The first-order valence-electron chi connectivity index (χ1n) is 6.48. The lowest BCUT2D eigenvalue weighted by Crippen LogP contribution is -2.35. The second-order valence-corrected chi connectivity index (χ2v) is 7.40. The maximum Gasteiger partial charge on any atom is 0.312 e. The van der Waals surface area contributed by atoms with E-state index in [1.807, 2.05) is 0 Å². The third kappa shape index (κ3) is 3.91. The molecule has 0 aliphatic carbocycles. The van der Waals surface area contributed by atoms with Crippen LogP contribution < -0.4 is 11.1 Å². The van der Waals surface area contributed by atoms with E-state index >= 15 is 0 Å². The summed E-state index contributed by atoms with van der Waals surface area (Å²) >= 11 is 0. The molecule has 3 atom stereocenters. The fourth-order valence-corrected chi connectivity index (χ4v) is 2.45. The molecule has 1 fully saturated rings. The molecule has 1 aromatic heterocycles. The topological polar surface area (TPSA) is 137 Å². The molecular weight excluding hydrogens is 300 g/mol. The molecule has 3 N–H and O–H groups in total. The Morgan fingerprint density at radius 3 is 2.86 bits per heavy atom. The number of nitrogens with two attached hydrogens (primary N) is 1. The first-order valence-corrected chi connectivity index (χ1v) is 8.44. The molecule has 118 valence electrons. The molecule has 10 heteroatoms. The standard InChI is InChI=1S/C11H18N4O5S/c1-6(21(2,17)18)10-14-9(15-20-10)8-4-3-7(19-8)5-13-11(12)16/h6-8H,3-5H2,1-2H3,(H3,12,13,16). The van der Waals surface area contributed by atoms with Gasteiger partial charge in [-0.1, -0.05) is 5.16 Å². The second-order valence-electron chi connectivity index (χ2n) is 5.03. The Labute approximate surface area is 122 Å². The predicted octanol–water partition coefficient (Wildman–Crippen LogP) is 0.0636. The summed E-state index contributed by atoms with van der Waals surface area (Å²) in [5, 5.41) is 5.39. The van der Waals surface area contributed by atoms with Crippen molar-refractivity contribution in [2.24, 2.45) is 5.73 Å². The van der Waals surface area contributed by atoms with Gasteiger partial charge in [-0.25, -0.2) is 13.2 Å². The number of sulfone groups is 1. The van der Waals surface area contributed by atoms with Crippen LogP contribution in [0.4, 0.5) is 4.79 Å². The summed E-state index contributed by atoms with van der Waals surface area (Å²) in [5.74, 6) is 0.372. The van der Waals surface area contributed by atoms with Gasteiger partial charge in [0.25, 0.3) is 0 Å². The number of hydrogen-bond acceptors (Lipinski definition) is 7. The van der Waals surface area contributed by atoms with Gasteiger partial charge >= 0.3 is 6.03 Å². The Morgan fingerprint density at radius 2 is 2.24 bits per heavy atom. The van der Waals surface area contributed by atoms with Gasteiger partial charge in [0.2, 0.25) is 11.7 Å². The second kappa shape index (κ2) is 5.98. The maximum absolute atomic E-state index is 11.5. The molecule has 2 amide bonds. The van der Waals surface area contributed by atoms with Crippen LogP contribution in [0.15, 0.2) is 4.52 Å². The van der Waals surface area contributed by atoms with E-state index in [1.54, 1.807) is 0 Å². The number of carbonyl (C=O) groups excluding carboxylic acids is 1. The molecule has 0 bridgehead atoms. The van der Waals surface area contributed by atoms with Gasteiger partial charge < -0.3 is 20.3 Å². The molecule has 0 radical (unpaired) electrons. The highest BCUT2D eigenvalue weighted by molar-refractivity contribution is 7.90. The lowest BCUT2D eigenvalue weighted by Gasteiger charge is -2.11. The number of ether oxygens (including phenoxy) is 1. The van der Waals surface area contributed by atoms with E-state index < -0.39 is 21.1 Å². The molecule has 3 unspecified atom stereocenters. The van der Waals surface area contributed by atoms with Crippen molar-refractivity contribution in [3.05, 3.63) is 11.7 Å². The minimum Gasteiger partial charge on any atom is -0.365 e. The zero-order chi connectivity index (χ0) is 15.6. The lowest BCUT2D eigenvalue weighted by molar-refractivity contribution is 0.0402. The number of primary amides is 1.